The second-order valence-electron chi connectivity index (χ2n) is 5.55. The van der Waals surface area contributed by atoms with E-state index in [1.165, 1.54) is 12.1 Å². The number of hydrogen-bond acceptors (Lipinski definition) is 4. The van der Waals surface area contributed by atoms with Gasteiger partial charge < -0.3 is 5.11 Å². The fourth-order valence-corrected chi connectivity index (χ4v) is 3.77. The third-order valence-electron chi connectivity index (χ3n) is 3.61. The topological polar surface area (TPSA) is 83.9 Å². The number of carboxylic acids is 1. The zero-order chi connectivity index (χ0) is 19.2. The van der Waals surface area contributed by atoms with Gasteiger partial charge in [0.15, 0.2) is 0 Å². The Labute approximate surface area is 158 Å². The minimum Gasteiger partial charge on any atom is -0.478 e. The molecule has 2 rings (SSSR count). The lowest BCUT2D eigenvalue weighted by Crippen LogP contribution is -2.31. The Kier molecular flexibility index (Phi) is 7.02. The van der Waals surface area contributed by atoms with Crippen molar-refractivity contribution in [3.63, 3.8) is 0 Å². The van der Waals surface area contributed by atoms with Crippen LogP contribution in [0.5, 0.6) is 0 Å². The summed E-state index contributed by atoms with van der Waals surface area (Å²) in [4.78, 5) is 16.6. The molecule has 0 atom stereocenters. The molecular weight excluding hydrogens is 378 g/mol. The number of carbonyl (C=O) groups is 1. The first kappa shape index (κ1) is 20.2. The molecule has 140 valence electrons. The monoisotopic (exact) mass is 397 g/mol. The van der Waals surface area contributed by atoms with Gasteiger partial charge in [-0.3, -0.25) is 4.84 Å². The van der Waals surface area contributed by atoms with Crippen LogP contribution in [0.15, 0.2) is 53.4 Å². The maximum absolute atomic E-state index is 13.0. The van der Waals surface area contributed by atoms with Crippen molar-refractivity contribution in [2.45, 2.75) is 31.1 Å². The van der Waals surface area contributed by atoms with Crippen LogP contribution in [0.25, 0.3) is 0 Å². The summed E-state index contributed by atoms with van der Waals surface area (Å²) in [6, 6.07) is 11.9. The average Bonchev–Trinajstić information content (AvgIpc) is 2.62. The molecule has 0 aliphatic rings. The first-order chi connectivity index (χ1) is 12.4. The number of aromatic carboxylic acids is 1. The zero-order valence-electron chi connectivity index (χ0n) is 14.3. The van der Waals surface area contributed by atoms with Gasteiger partial charge in [-0.05, 0) is 36.8 Å². The van der Waals surface area contributed by atoms with Gasteiger partial charge in [0.05, 0.1) is 27.8 Å². The Hall–Kier alpha value is -2.09. The Morgan fingerprint density at radius 2 is 1.85 bits per heavy atom. The standard InChI is InChI=1S/C18H20ClNO5S/c1-2-3-7-12-25-20(14-8-5-4-6-9-14)26(23,24)15-10-11-17(19)16(13-15)18(21)22/h4-6,8-11,13H,2-3,7,12H2,1H3,(H,21,22). The number of hydrogen-bond donors (Lipinski definition) is 1. The highest BCUT2D eigenvalue weighted by molar-refractivity contribution is 7.92. The fraction of sp³-hybridized carbons (Fsp3) is 0.278. The summed E-state index contributed by atoms with van der Waals surface area (Å²) in [6.07, 6.45) is 2.59. The number of halogens is 1. The van der Waals surface area contributed by atoms with Crippen molar-refractivity contribution < 1.29 is 23.2 Å². The molecule has 0 saturated heterocycles. The molecule has 0 fully saturated rings. The second-order valence-corrected chi connectivity index (χ2v) is 7.72. The van der Waals surface area contributed by atoms with Crippen molar-refractivity contribution in [2.24, 2.45) is 0 Å². The summed E-state index contributed by atoms with van der Waals surface area (Å²) in [5, 5.41) is 9.15. The predicted molar refractivity (Wildman–Crippen MR) is 100.0 cm³/mol. The quantitative estimate of drug-likeness (QED) is 0.502. The first-order valence-electron chi connectivity index (χ1n) is 8.14. The van der Waals surface area contributed by atoms with Crippen LogP contribution in [0.3, 0.4) is 0 Å². The van der Waals surface area contributed by atoms with Crippen LogP contribution in [0.4, 0.5) is 5.69 Å². The SMILES string of the molecule is CCCCCON(c1ccccc1)S(=O)(=O)c1ccc(Cl)c(C(=O)O)c1. The van der Waals surface area contributed by atoms with Crippen LogP contribution in [0.2, 0.25) is 5.02 Å². The summed E-state index contributed by atoms with van der Waals surface area (Å²) >= 11 is 5.84. The molecule has 0 unspecified atom stereocenters. The minimum absolute atomic E-state index is 0.0356. The van der Waals surface area contributed by atoms with Crippen LogP contribution in [0.1, 0.15) is 36.5 Å². The molecule has 26 heavy (non-hydrogen) atoms. The highest BCUT2D eigenvalue weighted by Crippen LogP contribution is 2.27. The van der Waals surface area contributed by atoms with E-state index in [9.17, 15) is 18.3 Å². The molecule has 0 bridgehead atoms. The molecule has 0 aliphatic carbocycles. The van der Waals surface area contributed by atoms with Crippen molar-refractivity contribution in [2.75, 3.05) is 11.1 Å². The third kappa shape index (κ3) is 4.75. The Balaban J connectivity index is 2.42. The van der Waals surface area contributed by atoms with Gasteiger partial charge in [0, 0.05) is 0 Å². The maximum atomic E-state index is 13.0. The van der Waals surface area contributed by atoms with E-state index in [1.54, 1.807) is 30.3 Å². The normalized spacial score (nSPS) is 11.3. The summed E-state index contributed by atoms with van der Waals surface area (Å²) in [6.45, 7) is 2.26. The fourth-order valence-electron chi connectivity index (χ4n) is 2.26. The molecule has 0 saturated carbocycles. The van der Waals surface area contributed by atoms with Gasteiger partial charge in [-0.2, -0.15) is 8.42 Å². The Morgan fingerprint density at radius 3 is 2.46 bits per heavy atom. The van der Waals surface area contributed by atoms with E-state index >= 15 is 0 Å². The lowest BCUT2D eigenvalue weighted by Gasteiger charge is -2.23. The predicted octanol–water partition coefficient (Wildman–Crippen LogP) is 4.36. The first-order valence-corrected chi connectivity index (χ1v) is 9.96. The Morgan fingerprint density at radius 1 is 1.15 bits per heavy atom. The van der Waals surface area contributed by atoms with Crippen molar-refractivity contribution in [3.05, 3.63) is 59.1 Å². The molecule has 2 aromatic carbocycles. The molecule has 0 aromatic heterocycles. The van der Waals surface area contributed by atoms with E-state index in [-0.39, 0.29) is 22.1 Å². The van der Waals surface area contributed by atoms with Gasteiger partial charge >= 0.3 is 5.97 Å². The van der Waals surface area contributed by atoms with E-state index in [0.717, 1.165) is 23.4 Å². The van der Waals surface area contributed by atoms with Gasteiger partial charge in [0.25, 0.3) is 10.0 Å². The van der Waals surface area contributed by atoms with Crippen LogP contribution < -0.4 is 4.47 Å². The number of benzene rings is 2. The number of rotatable bonds is 9. The van der Waals surface area contributed by atoms with Crippen LogP contribution in [0, 0.1) is 0 Å². The van der Waals surface area contributed by atoms with Crippen molar-refractivity contribution in [3.8, 4) is 0 Å². The molecule has 0 heterocycles. The minimum atomic E-state index is -4.12. The van der Waals surface area contributed by atoms with Crippen molar-refractivity contribution in [1.82, 2.24) is 0 Å². The van der Waals surface area contributed by atoms with Crippen LogP contribution >= 0.6 is 11.6 Å². The van der Waals surface area contributed by atoms with Gasteiger partial charge in [-0.25, -0.2) is 4.79 Å². The highest BCUT2D eigenvalue weighted by Gasteiger charge is 2.27. The van der Waals surface area contributed by atoms with Gasteiger partial charge in [0.1, 0.15) is 0 Å². The molecule has 0 aliphatic heterocycles. The molecule has 8 heteroatoms. The van der Waals surface area contributed by atoms with Crippen LogP contribution in [-0.2, 0) is 14.9 Å². The summed E-state index contributed by atoms with van der Waals surface area (Å²) in [5.74, 6) is -1.30. The number of unbranched alkanes of at least 4 members (excludes halogenated alkanes) is 2. The average molecular weight is 398 g/mol. The zero-order valence-corrected chi connectivity index (χ0v) is 15.8. The lowest BCUT2D eigenvalue weighted by molar-refractivity contribution is 0.0696. The van der Waals surface area contributed by atoms with E-state index < -0.39 is 16.0 Å². The van der Waals surface area contributed by atoms with E-state index in [4.69, 9.17) is 16.4 Å². The van der Waals surface area contributed by atoms with Gasteiger partial charge in [0.2, 0.25) is 0 Å². The smallest absolute Gasteiger partial charge is 0.337 e. The van der Waals surface area contributed by atoms with E-state index in [1.807, 2.05) is 6.92 Å². The van der Waals surface area contributed by atoms with Crippen molar-refractivity contribution >= 4 is 33.3 Å². The molecule has 2 aromatic rings. The summed E-state index contributed by atoms with van der Waals surface area (Å²) in [7, 11) is -4.12. The molecule has 6 nitrogen and oxygen atoms in total. The maximum Gasteiger partial charge on any atom is 0.337 e. The number of para-hydroxylation sites is 1. The highest BCUT2D eigenvalue weighted by atomic mass is 35.5. The van der Waals surface area contributed by atoms with E-state index in [0.29, 0.717) is 12.1 Å². The molecule has 0 spiro atoms. The number of sulfonamides is 1. The Bertz CT molecular complexity index is 855. The summed E-state index contributed by atoms with van der Waals surface area (Å²) in [5.41, 5.74) is 0.0440. The third-order valence-corrected chi connectivity index (χ3v) is 5.54. The van der Waals surface area contributed by atoms with Crippen LogP contribution in [-0.4, -0.2) is 26.1 Å². The summed E-state index contributed by atoms with van der Waals surface area (Å²) < 4.78 is 26.9. The second kappa shape index (κ2) is 9.02. The van der Waals surface area contributed by atoms with Crippen molar-refractivity contribution in [1.29, 1.82) is 0 Å². The largest absolute Gasteiger partial charge is 0.478 e. The molecule has 0 amide bonds. The number of nitrogens with zero attached hydrogens (tertiary/aromatic N) is 1. The number of carboxylic acid groups (broad SMARTS) is 1. The lowest BCUT2D eigenvalue weighted by atomic mass is 10.2. The van der Waals surface area contributed by atoms with E-state index in [2.05, 4.69) is 0 Å². The molecular formula is C18H20ClNO5S. The number of anilines is 1. The van der Waals surface area contributed by atoms with Gasteiger partial charge in [-0.1, -0.05) is 49.6 Å². The molecule has 1 N–H and O–H groups in total. The van der Waals surface area contributed by atoms with Gasteiger partial charge in [-0.15, -0.1) is 4.47 Å². The molecule has 0 radical (unpaired) electrons.